The molecule has 0 saturated carbocycles. The predicted molar refractivity (Wildman–Crippen MR) is 37.2 cm³/mol. The van der Waals surface area contributed by atoms with Crippen molar-refractivity contribution in [1.29, 1.82) is 0 Å². The van der Waals surface area contributed by atoms with Crippen molar-refractivity contribution in [3.05, 3.63) is 23.9 Å². The lowest BCUT2D eigenvalue weighted by Gasteiger charge is -1.94. The quantitative estimate of drug-likeness (QED) is 0.661. The first kappa shape index (κ1) is 9.34. The van der Waals surface area contributed by atoms with Crippen LogP contribution >= 0.6 is 10.7 Å². The van der Waals surface area contributed by atoms with Crippen molar-refractivity contribution < 1.29 is 17.2 Å². The highest BCUT2D eigenvalue weighted by Crippen LogP contribution is 2.13. The maximum Gasteiger partial charge on any atom is 0.278 e. The average molecular weight is 214 g/mol. The molecule has 0 aromatic carbocycles. The first-order chi connectivity index (χ1) is 5.41. The molecule has 66 valence electrons. The number of hydrogen-bond donors (Lipinski definition) is 0. The van der Waals surface area contributed by atoms with Crippen LogP contribution in [0.1, 0.15) is 0 Å². The first-order valence-electron chi connectivity index (χ1n) is 2.67. The van der Waals surface area contributed by atoms with Crippen molar-refractivity contribution in [1.82, 2.24) is 4.98 Å². The zero-order valence-electron chi connectivity index (χ0n) is 5.46. The van der Waals surface area contributed by atoms with E-state index in [9.17, 15) is 17.2 Å². The van der Waals surface area contributed by atoms with Gasteiger partial charge in [-0.15, -0.1) is 0 Å². The minimum atomic E-state index is -4.09. The molecule has 1 heterocycles. The van der Waals surface area contributed by atoms with Crippen LogP contribution in [0.5, 0.6) is 0 Å². The summed E-state index contributed by atoms with van der Waals surface area (Å²) in [6.07, 6.45) is 0.449. The summed E-state index contributed by atoms with van der Waals surface area (Å²) in [6.45, 7) is 0. The van der Waals surface area contributed by atoms with E-state index in [2.05, 4.69) is 4.98 Å². The molecule has 0 N–H and O–H groups in total. The standard InChI is InChI=1S/C5H2ClF2NO2S/c6-12(10,11)5-1-3(7)4(8)2-9-5/h1-2H. The molecular weight excluding hydrogens is 212 g/mol. The molecule has 12 heavy (non-hydrogen) atoms. The maximum absolute atomic E-state index is 12.4. The molecule has 3 nitrogen and oxygen atoms in total. The van der Waals surface area contributed by atoms with Crippen LogP contribution in [0, 0.1) is 11.6 Å². The Kier molecular flexibility index (Phi) is 2.29. The van der Waals surface area contributed by atoms with E-state index in [1.807, 2.05) is 0 Å². The summed E-state index contributed by atoms with van der Waals surface area (Å²) in [6, 6.07) is 0.414. The Balaban J connectivity index is 3.33. The van der Waals surface area contributed by atoms with Gasteiger partial charge in [0.1, 0.15) is 0 Å². The van der Waals surface area contributed by atoms with E-state index in [4.69, 9.17) is 10.7 Å². The largest absolute Gasteiger partial charge is 0.278 e. The van der Waals surface area contributed by atoms with Crippen molar-refractivity contribution in [3.63, 3.8) is 0 Å². The van der Waals surface area contributed by atoms with Crippen molar-refractivity contribution in [2.24, 2.45) is 0 Å². The molecule has 0 saturated heterocycles. The van der Waals surface area contributed by atoms with E-state index in [0.29, 0.717) is 12.3 Å². The fourth-order valence-electron chi connectivity index (χ4n) is 0.530. The summed E-state index contributed by atoms with van der Waals surface area (Å²) in [5, 5.41) is -0.705. The van der Waals surface area contributed by atoms with Crippen LogP contribution < -0.4 is 0 Å². The van der Waals surface area contributed by atoms with Gasteiger partial charge in [0.25, 0.3) is 9.05 Å². The van der Waals surface area contributed by atoms with Crippen LogP contribution in [0.15, 0.2) is 17.3 Å². The summed E-state index contributed by atoms with van der Waals surface area (Å²) < 4.78 is 45.6. The van der Waals surface area contributed by atoms with E-state index in [0.717, 1.165) is 0 Å². The smallest absolute Gasteiger partial charge is 0.240 e. The van der Waals surface area contributed by atoms with Crippen LogP contribution in [0.4, 0.5) is 8.78 Å². The van der Waals surface area contributed by atoms with Crippen molar-refractivity contribution in [2.75, 3.05) is 0 Å². The minimum Gasteiger partial charge on any atom is -0.240 e. The van der Waals surface area contributed by atoms with Crippen molar-refractivity contribution in [3.8, 4) is 0 Å². The number of halogens is 3. The van der Waals surface area contributed by atoms with Gasteiger partial charge in [-0.05, 0) is 0 Å². The summed E-state index contributed by atoms with van der Waals surface area (Å²) in [5.74, 6) is -2.52. The van der Waals surface area contributed by atoms with E-state index < -0.39 is 25.7 Å². The summed E-state index contributed by atoms with van der Waals surface area (Å²) in [4.78, 5) is 3.08. The average Bonchev–Trinajstić information content (AvgIpc) is 1.92. The molecule has 7 heteroatoms. The van der Waals surface area contributed by atoms with Crippen molar-refractivity contribution in [2.45, 2.75) is 5.03 Å². The molecule has 0 aliphatic rings. The zero-order valence-corrected chi connectivity index (χ0v) is 7.03. The molecule has 0 unspecified atom stereocenters. The highest BCUT2D eigenvalue weighted by molar-refractivity contribution is 8.13. The van der Waals surface area contributed by atoms with E-state index >= 15 is 0 Å². The van der Waals surface area contributed by atoms with Gasteiger partial charge in [-0.3, -0.25) is 0 Å². The second-order valence-corrected chi connectivity index (χ2v) is 4.39. The summed E-state index contributed by atoms with van der Waals surface area (Å²) >= 11 is 0. The normalized spacial score (nSPS) is 11.6. The third-order valence-electron chi connectivity index (χ3n) is 1.03. The maximum atomic E-state index is 12.4. The second kappa shape index (κ2) is 2.95. The summed E-state index contributed by atoms with van der Waals surface area (Å²) in [5.41, 5.74) is 0. The number of pyridine rings is 1. The molecular formula is C5H2ClF2NO2S. The molecule has 1 aromatic rings. The number of aromatic nitrogens is 1. The van der Waals surface area contributed by atoms with Gasteiger partial charge in [0.15, 0.2) is 16.7 Å². The van der Waals surface area contributed by atoms with E-state index in [1.165, 1.54) is 0 Å². The molecule has 0 fully saturated rings. The predicted octanol–water partition coefficient (Wildman–Crippen LogP) is 1.29. The molecule has 0 atom stereocenters. The monoisotopic (exact) mass is 213 g/mol. The van der Waals surface area contributed by atoms with Crippen LogP contribution in [-0.4, -0.2) is 13.4 Å². The Bertz CT molecular complexity index is 406. The summed E-state index contributed by atoms with van der Waals surface area (Å²) in [7, 11) is 0.716. The van der Waals surface area contributed by atoms with Gasteiger partial charge in [-0.25, -0.2) is 22.2 Å². The molecule has 0 spiro atoms. The van der Waals surface area contributed by atoms with E-state index in [-0.39, 0.29) is 0 Å². The molecule has 0 bridgehead atoms. The third kappa shape index (κ3) is 1.89. The van der Waals surface area contributed by atoms with Gasteiger partial charge in [-0.2, -0.15) is 0 Å². The van der Waals surface area contributed by atoms with Gasteiger partial charge in [-0.1, -0.05) is 0 Å². The zero-order chi connectivity index (χ0) is 9.35. The van der Waals surface area contributed by atoms with Gasteiger partial charge in [0.05, 0.1) is 6.20 Å². The Morgan fingerprint density at radius 3 is 2.33 bits per heavy atom. The van der Waals surface area contributed by atoms with Crippen LogP contribution in [0.3, 0.4) is 0 Å². The van der Waals surface area contributed by atoms with Gasteiger partial charge in [0.2, 0.25) is 0 Å². The molecule has 0 aliphatic carbocycles. The number of nitrogens with zero attached hydrogens (tertiary/aromatic N) is 1. The lowest BCUT2D eigenvalue weighted by Crippen LogP contribution is -1.97. The molecule has 1 rings (SSSR count). The van der Waals surface area contributed by atoms with Gasteiger partial charge in [0, 0.05) is 16.7 Å². The van der Waals surface area contributed by atoms with Crippen LogP contribution in [-0.2, 0) is 9.05 Å². The third-order valence-corrected chi connectivity index (χ3v) is 2.23. The van der Waals surface area contributed by atoms with E-state index in [1.54, 1.807) is 0 Å². The first-order valence-corrected chi connectivity index (χ1v) is 4.98. The minimum absolute atomic E-state index is 0.414. The Labute approximate surface area is 71.4 Å². The second-order valence-electron chi connectivity index (χ2n) is 1.87. The molecule has 1 aromatic heterocycles. The number of rotatable bonds is 1. The van der Waals surface area contributed by atoms with Crippen LogP contribution in [0.2, 0.25) is 0 Å². The Morgan fingerprint density at radius 2 is 1.92 bits per heavy atom. The molecule has 0 radical (unpaired) electrons. The van der Waals surface area contributed by atoms with Crippen LogP contribution in [0.25, 0.3) is 0 Å². The molecule has 0 aliphatic heterocycles. The van der Waals surface area contributed by atoms with Gasteiger partial charge >= 0.3 is 0 Å². The van der Waals surface area contributed by atoms with Gasteiger partial charge < -0.3 is 0 Å². The SMILES string of the molecule is O=S(=O)(Cl)c1cc(F)c(F)cn1. The fourth-order valence-corrected chi connectivity index (χ4v) is 1.21. The highest BCUT2D eigenvalue weighted by Gasteiger charge is 2.14. The highest BCUT2D eigenvalue weighted by atomic mass is 35.7. The Morgan fingerprint density at radius 1 is 1.33 bits per heavy atom. The number of hydrogen-bond acceptors (Lipinski definition) is 3. The fraction of sp³-hybridized carbons (Fsp3) is 0. The molecule has 0 amide bonds. The lowest BCUT2D eigenvalue weighted by molar-refractivity contribution is 0.497. The van der Waals surface area contributed by atoms with Crippen molar-refractivity contribution >= 4 is 19.7 Å². The topological polar surface area (TPSA) is 47.0 Å². The Hall–Kier alpha value is -0.750. The lowest BCUT2D eigenvalue weighted by atomic mass is 10.5.